The van der Waals surface area contributed by atoms with Crippen LogP contribution < -0.4 is 11.1 Å². The number of carbonyl (C=O) groups excluding carboxylic acids is 2. The molecule has 3 amide bonds. The Hall–Kier alpha value is -3.40. The van der Waals surface area contributed by atoms with Gasteiger partial charge in [0.05, 0.1) is 17.4 Å². The molecule has 6 N–H and O–H groups in total. The third kappa shape index (κ3) is 3.42. The maximum atomic E-state index is 12.9. The number of rotatable bonds is 5. The number of aromatic hydroxyl groups is 2. The van der Waals surface area contributed by atoms with Gasteiger partial charge >= 0.3 is 12.0 Å². The molecule has 1 aromatic rings. The summed E-state index contributed by atoms with van der Waals surface area (Å²) in [5.41, 5.74) is 4.17. The molecule has 10 nitrogen and oxygen atoms in total. The van der Waals surface area contributed by atoms with Crippen molar-refractivity contribution in [1.82, 2.24) is 0 Å². The summed E-state index contributed by atoms with van der Waals surface area (Å²) in [7, 11) is 0. The van der Waals surface area contributed by atoms with E-state index in [4.69, 9.17) is 10.5 Å². The van der Waals surface area contributed by atoms with Gasteiger partial charge in [-0.3, -0.25) is 4.79 Å². The minimum atomic E-state index is -1.39. The number of aromatic carboxylic acids is 1. The van der Waals surface area contributed by atoms with Gasteiger partial charge in [-0.05, 0) is 62.1 Å². The summed E-state index contributed by atoms with van der Waals surface area (Å²) in [5.74, 6) is -2.61. The zero-order valence-electron chi connectivity index (χ0n) is 19.6. The van der Waals surface area contributed by atoms with E-state index in [2.05, 4.69) is 23.3 Å². The number of hydrogen-bond donors (Lipinski definition) is 5. The van der Waals surface area contributed by atoms with Crippen molar-refractivity contribution >= 4 is 29.3 Å². The molecule has 6 rings (SSSR count). The fourth-order valence-electron chi connectivity index (χ4n) is 7.39. The van der Waals surface area contributed by atoms with Crippen LogP contribution in [0.15, 0.2) is 29.3 Å². The molecule has 0 radical (unpaired) electrons. The number of phenolic OH excluding ortho intramolecular Hbond substituents is 1. The van der Waals surface area contributed by atoms with Gasteiger partial charge in [0.1, 0.15) is 17.0 Å². The molecule has 1 spiro atoms. The third-order valence-corrected chi connectivity index (χ3v) is 8.70. The van der Waals surface area contributed by atoms with Crippen LogP contribution in [0.25, 0.3) is 0 Å². The standard InChI is InChI=1S/C25H29N3O7/c1-23(7-6-17(30)28-18-14(29)4-3-13(19(18)31)21(32)33)16(27-22(26)34)5-8-25-10-12-9-15(20(23)25)35-24(12,2)11-25/h3-5,8,12,15,20,29,31H,6-7,9-11H2,1-2H3,(H2,26,34)(H,28,30)(H,32,33)/b27-16+/t12-,15+,20+,23-,24+,25+/m1/s1. The van der Waals surface area contributed by atoms with Crippen molar-refractivity contribution in [1.29, 1.82) is 0 Å². The predicted octanol–water partition coefficient (Wildman–Crippen LogP) is 3.18. The highest BCUT2D eigenvalue weighted by Gasteiger charge is 2.71. The number of nitrogens with one attached hydrogen (secondary N) is 1. The van der Waals surface area contributed by atoms with Gasteiger partial charge in [0.2, 0.25) is 5.91 Å². The monoisotopic (exact) mass is 483 g/mol. The minimum Gasteiger partial charge on any atom is -0.506 e. The van der Waals surface area contributed by atoms with Crippen LogP contribution in [0.3, 0.4) is 0 Å². The number of ether oxygens (including phenoxy) is 1. The number of phenols is 2. The first-order valence-electron chi connectivity index (χ1n) is 11.7. The number of primary amides is 1. The Labute approximate surface area is 201 Å². The summed E-state index contributed by atoms with van der Waals surface area (Å²) in [4.78, 5) is 40.0. The van der Waals surface area contributed by atoms with E-state index in [9.17, 15) is 29.7 Å². The fourth-order valence-corrected chi connectivity index (χ4v) is 7.39. The number of carboxylic acid groups (broad SMARTS) is 1. The number of nitrogens with two attached hydrogens (primary N) is 1. The Morgan fingerprint density at radius 2 is 2.00 bits per heavy atom. The largest absolute Gasteiger partial charge is 0.506 e. The normalized spacial score (nSPS) is 37.4. The SMILES string of the molecule is C[C@]12C[C@@]34C=C/C(=N\C(N)=O)[C@@](C)(CCC(=O)Nc5c(O)ccc(C(=O)O)c5O)[C@@H]3[C@H](C[C@@H]1C4)O2. The smallest absolute Gasteiger partial charge is 0.339 e. The van der Waals surface area contributed by atoms with Gasteiger partial charge in [-0.25, -0.2) is 9.59 Å². The number of benzene rings is 1. The summed E-state index contributed by atoms with van der Waals surface area (Å²) in [6, 6.07) is 1.33. The first-order chi connectivity index (χ1) is 16.4. The second kappa shape index (κ2) is 7.55. The number of anilines is 1. The number of nitrogens with zero attached hydrogens (tertiary/aromatic N) is 1. The van der Waals surface area contributed by atoms with Gasteiger partial charge < -0.3 is 31.1 Å². The van der Waals surface area contributed by atoms with Crippen LogP contribution in [0, 0.1) is 22.7 Å². The molecule has 0 unspecified atom stereocenters. The molecule has 0 aromatic heterocycles. The molecule has 2 saturated heterocycles. The van der Waals surface area contributed by atoms with Crippen molar-refractivity contribution in [3.8, 4) is 11.5 Å². The van der Waals surface area contributed by atoms with Crippen molar-refractivity contribution < 1.29 is 34.4 Å². The van der Waals surface area contributed by atoms with Crippen LogP contribution in [0.5, 0.6) is 11.5 Å². The number of allylic oxidation sites excluding steroid dienone is 2. The van der Waals surface area contributed by atoms with E-state index < -0.39 is 40.4 Å². The summed E-state index contributed by atoms with van der Waals surface area (Å²) in [6.45, 7) is 4.15. The van der Waals surface area contributed by atoms with Crippen molar-refractivity contribution in [2.24, 2.45) is 33.4 Å². The van der Waals surface area contributed by atoms with Gasteiger partial charge in [-0.2, -0.15) is 4.99 Å². The minimum absolute atomic E-state index is 0.00914. The highest BCUT2D eigenvalue weighted by molar-refractivity contribution is 6.07. The van der Waals surface area contributed by atoms with E-state index in [0.717, 1.165) is 31.4 Å². The van der Waals surface area contributed by atoms with Gasteiger partial charge in [-0.15, -0.1) is 0 Å². The molecule has 6 atom stereocenters. The topological polar surface area (TPSA) is 172 Å². The van der Waals surface area contributed by atoms with Crippen molar-refractivity contribution in [2.75, 3.05) is 5.32 Å². The lowest BCUT2D eigenvalue weighted by atomic mass is 9.51. The molecular weight excluding hydrogens is 454 g/mol. The molecular formula is C25H29N3O7. The van der Waals surface area contributed by atoms with Gasteiger partial charge in [0.15, 0.2) is 5.75 Å². The van der Waals surface area contributed by atoms with Crippen LogP contribution in [0.2, 0.25) is 0 Å². The maximum Gasteiger partial charge on any atom is 0.339 e. The molecule has 2 heterocycles. The van der Waals surface area contributed by atoms with Gasteiger partial charge in [0.25, 0.3) is 0 Å². The van der Waals surface area contributed by atoms with E-state index in [1.165, 1.54) is 0 Å². The van der Waals surface area contributed by atoms with E-state index >= 15 is 0 Å². The Morgan fingerprint density at radius 1 is 1.26 bits per heavy atom. The zero-order chi connectivity index (χ0) is 25.3. The molecule has 35 heavy (non-hydrogen) atoms. The Morgan fingerprint density at radius 3 is 2.66 bits per heavy atom. The molecule has 5 aliphatic rings. The number of urea groups is 1. The Balaban J connectivity index is 1.42. The second-order valence-electron chi connectivity index (χ2n) is 10.8. The first-order valence-corrected chi connectivity index (χ1v) is 11.7. The summed E-state index contributed by atoms with van der Waals surface area (Å²) in [6.07, 6.45) is 7.05. The lowest BCUT2D eigenvalue weighted by Gasteiger charge is -2.56. The number of aliphatic imine (C=N–C) groups is 1. The third-order valence-electron chi connectivity index (χ3n) is 8.70. The fraction of sp³-hybridized carbons (Fsp3) is 0.520. The summed E-state index contributed by atoms with van der Waals surface area (Å²) in [5, 5.41) is 32.0. The molecule has 10 heteroatoms. The first kappa shape index (κ1) is 23.3. The van der Waals surface area contributed by atoms with Crippen LogP contribution in [0.4, 0.5) is 10.5 Å². The lowest BCUT2D eigenvalue weighted by Crippen LogP contribution is -2.56. The van der Waals surface area contributed by atoms with Crippen molar-refractivity contribution in [3.05, 3.63) is 29.8 Å². The number of carboxylic acids is 1. The van der Waals surface area contributed by atoms with Crippen molar-refractivity contribution in [3.63, 3.8) is 0 Å². The van der Waals surface area contributed by atoms with Crippen LogP contribution >= 0.6 is 0 Å². The molecule has 4 bridgehead atoms. The Bertz CT molecular complexity index is 1210. The molecule has 4 fully saturated rings. The van der Waals surface area contributed by atoms with E-state index in [0.29, 0.717) is 18.1 Å². The zero-order valence-corrected chi connectivity index (χ0v) is 19.6. The lowest BCUT2D eigenvalue weighted by molar-refractivity contribution is -0.145. The van der Waals surface area contributed by atoms with Crippen molar-refractivity contribution in [2.45, 2.75) is 57.7 Å². The predicted molar refractivity (Wildman–Crippen MR) is 125 cm³/mol. The number of carbonyl (C=O) groups is 3. The molecule has 2 aliphatic heterocycles. The van der Waals surface area contributed by atoms with Gasteiger partial charge in [0, 0.05) is 17.8 Å². The van der Waals surface area contributed by atoms with Crippen LogP contribution in [-0.4, -0.2) is 50.6 Å². The molecule has 2 saturated carbocycles. The number of hydrogen-bond acceptors (Lipinski definition) is 6. The molecule has 3 aliphatic carbocycles. The maximum absolute atomic E-state index is 12.9. The van der Waals surface area contributed by atoms with Crippen LogP contribution in [-0.2, 0) is 9.53 Å². The highest BCUT2D eigenvalue weighted by Crippen LogP contribution is 2.71. The summed E-state index contributed by atoms with van der Waals surface area (Å²) >= 11 is 0. The Kier molecular flexibility index (Phi) is 5.03. The summed E-state index contributed by atoms with van der Waals surface area (Å²) < 4.78 is 6.49. The van der Waals surface area contributed by atoms with E-state index in [1.807, 2.05) is 13.0 Å². The number of amides is 3. The molecule has 1 aromatic carbocycles. The average molecular weight is 484 g/mol. The highest BCUT2D eigenvalue weighted by atomic mass is 16.5. The van der Waals surface area contributed by atoms with Crippen LogP contribution in [0.1, 0.15) is 56.3 Å². The van der Waals surface area contributed by atoms with Gasteiger partial charge in [-0.1, -0.05) is 13.0 Å². The molecule has 186 valence electrons. The van der Waals surface area contributed by atoms with E-state index in [1.54, 1.807) is 0 Å². The van der Waals surface area contributed by atoms with E-state index in [-0.39, 0.29) is 35.1 Å². The quantitative estimate of drug-likeness (QED) is 0.400. The average Bonchev–Trinajstić information content (AvgIpc) is 3.12. The second-order valence-corrected chi connectivity index (χ2v) is 10.8.